The number of benzene rings is 2. The average Bonchev–Trinajstić information content (AvgIpc) is 3.08. The van der Waals surface area contributed by atoms with E-state index in [-0.39, 0.29) is 10.6 Å². The van der Waals surface area contributed by atoms with E-state index in [1.54, 1.807) is 42.7 Å². The van der Waals surface area contributed by atoms with Crippen molar-refractivity contribution in [2.45, 2.75) is 18.4 Å². The summed E-state index contributed by atoms with van der Waals surface area (Å²) >= 11 is 0. The number of sulfone groups is 1. The summed E-state index contributed by atoms with van der Waals surface area (Å²) in [6.45, 7) is 2.22. The Morgan fingerprint density at radius 2 is 2.00 bits per heavy atom. The lowest BCUT2D eigenvalue weighted by atomic mass is 10.1. The topological polar surface area (TPSA) is 85.6 Å². The second-order valence-corrected chi connectivity index (χ2v) is 9.15. The molecule has 4 aromatic rings. The number of methoxy groups -OCH3 is 1. The monoisotopic (exact) mass is 440 g/mol. The zero-order valence-electron chi connectivity index (χ0n) is 17.3. The van der Waals surface area contributed by atoms with Gasteiger partial charge in [0, 0.05) is 30.8 Å². The molecule has 2 aromatic heterocycles. The van der Waals surface area contributed by atoms with Gasteiger partial charge in [-0.1, -0.05) is 12.1 Å². The first-order valence-corrected chi connectivity index (χ1v) is 11.4. The summed E-state index contributed by atoms with van der Waals surface area (Å²) in [5.74, 6) is 0.263. The van der Waals surface area contributed by atoms with Crippen molar-refractivity contribution >= 4 is 21.3 Å². The molecule has 0 saturated heterocycles. The minimum atomic E-state index is -3.28. The zero-order chi connectivity index (χ0) is 22.2. The first-order chi connectivity index (χ1) is 14.8. The van der Waals surface area contributed by atoms with E-state index in [1.807, 2.05) is 17.4 Å². The molecule has 0 fully saturated rings. The van der Waals surface area contributed by atoms with Gasteiger partial charge in [-0.15, -0.1) is 0 Å². The number of imidazole rings is 1. The van der Waals surface area contributed by atoms with Gasteiger partial charge in [0.15, 0.2) is 32.9 Å². The van der Waals surface area contributed by atoms with Crippen LogP contribution in [-0.2, 0) is 16.4 Å². The average molecular weight is 441 g/mol. The Bertz CT molecular complexity index is 1380. The summed E-state index contributed by atoms with van der Waals surface area (Å²) in [5.41, 5.74) is 3.53. The summed E-state index contributed by atoms with van der Waals surface area (Å²) < 4.78 is 44.7. The van der Waals surface area contributed by atoms with Crippen molar-refractivity contribution in [3.05, 3.63) is 71.9 Å². The molecule has 0 saturated carbocycles. The standard InChI is InChI=1S/C22H21FN4O3S/c1-14-20(16-7-8-19(30-2)18(23)12-16)27-10-9-24-21(22(27)26-14)25-13-15-5-4-6-17(11-15)31(3,28)29/h4-12H,13H2,1-3H3,(H,24,25). The molecule has 0 spiro atoms. The van der Waals surface area contributed by atoms with E-state index in [0.29, 0.717) is 23.6 Å². The molecule has 0 bridgehead atoms. The minimum absolute atomic E-state index is 0.176. The van der Waals surface area contributed by atoms with Gasteiger partial charge in [0.2, 0.25) is 0 Å². The summed E-state index contributed by atoms with van der Waals surface area (Å²) in [6, 6.07) is 11.5. The second-order valence-electron chi connectivity index (χ2n) is 7.14. The lowest BCUT2D eigenvalue weighted by molar-refractivity contribution is 0.386. The van der Waals surface area contributed by atoms with Crippen LogP contribution in [0.25, 0.3) is 16.9 Å². The van der Waals surface area contributed by atoms with E-state index < -0.39 is 15.7 Å². The van der Waals surface area contributed by atoms with E-state index in [4.69, 9.17) is 4.74 Å². The molecule has 9 heteroatoms. The third kappa shape index (κ3) is 4.09. The Morgan fingerprint density at radius 3 is 2.71 bits per heavy atom. The maximum absolute atomic E-state index is 14.3. The van der Waals surface area contributed by atoms with Crippen LogP contribution in [-0.4, -0.2) is 36.2 Å². The normalized spacial score (nSPS) is 11.6. The summed E-state index contributed by atoms with van der Waals surface area (Å²) in [6.07, 6.45) is 4.58. The molecule has 0 aliphatic heterocycles. The van der Waals surface area contributed by atoms with Crippen LogP contribution in [0.4, 0.5) is 10.2 Å². The highest BCUT2D eigenvalue weighted by molar-refractivity contribution is 7.90. The van der Waals surface area contributed by atoms with Crippen LogP contribution in [0.2, 0.25) is 0 Å². The SMILES string of the molecule is COc1ccc(-c2c(C)nc3c(NCc4cccc(S(C)(=O)=O)c4)nccn23)cc1F. The Labute approximate surface area is 179 Å². The smallest absolute Gasteiger partial charge is 0.180 e. The Morgan fingerprint density at radius 1 is 1.19 bits per heavy atom. The molecule has 2 aromatic carbocycles. The van der Waals surface area contributed by atoms with Gasteiger partial charge >= 0.3 is 0 Å². The quantitative estimate of drug-likeness (QED) is 0.490. The van der Waals surface area contributed by atoms with Gasteiger partial charge in [-0.25, -0.2) is 22.8 Å². The van der Waals surface area contributed by atoms with Crippen LogP contribution >= 0.6 is 0 Å². The maximum atomic E-state index is 14.3. The van der Waals surface area contributed by atoms with Gasteiger partial charge in [-0.2, -0.15) is 0 Å². The number of hydrogen-bond acceptors (Lipinski definition) is 6. The van der Waals surface area contributed by atoms with Crippen molar-refractivity contribution in [1.82, 2.24) is 14.4 Å². The minimum Gasteiger partial charge on any atom is -0.494 e. The zero-order valence-corrected chi connectivity index (χ0v) is 18.1. The molecule has 0 radical (unpaired) electrons. The summed E-state index contributed by atoms with van der Waals surface area (Å²) in [4.78, 5) is 9.26. The first-order valence-electron chi connectivity index (χ1n) is 9.48. The molecule has 31 heavy (non-hydrogen) atoms. The third-order valence-electron chi connectivity index (χ3n) is 4.93. The van der Waals surface area contributed by atoms with Crippen LogP contribution in [0, 0.1) is 12.7 Å². The Kier molecular flexibility index (Phi) is 5.36. The van der Waals surface area contributed by atoms with Gasteiger partial charge in [-0.3, -0.25) is 4.40 Å². The number of anilines is 1. The van der Waals surface area contributed by atoms with E-state index >= 15 is 0 Å². The fourth-order valence-corrected chi connectivity index (χ4v) is 4.14. The number of hydrogen-bond donors (Lipinski definition) is 1. The van der Waals surface area contributed by atoms with Gasteiger partial charge < -0.3 is 10.1 Å². The lowest BCUT2D eigenvalue weighted by Crippen LogP contribution is -2.05. The highest BCUT2D eigenvalue weighted by Gasteiger charge is 2.16. The predicted molar refractivity (Wildman–Crippen MR) is 117 cm³/mol. The fraction of sp³-hybridized carbons (Fsp3) is 0.182. The summed E-state index contributed by atoms with van der Waals surface area (Å²) in [7, 11) is -1.86. The summed E-state index contributed by atoms with van der Waals surface area (Å²) in [5, 5.41) is 3.22. The molecular formula is C22H21FN4O3S. The van der Waals surface area contributed by atoms with Crippen LogP contribution in [0.15, 0.2) is 59.8 Å². The van der Waals surface area contributed by atoms with Crippen LogP contribution in [0.3, 0.4) is 0 Å². The van der Waals surface area contributed by atoms with Gasteiger partial charge in [0.05, 0.1) is 23.4 Å². The highest BCUT2D eigenvalue weighted by Crippen LogP contribution is 2.30. The van der Waals surface area contributed by atoms with E-state index in [0.717, 1.165) is 17.0 Å². The Balaban J connectivity index is 1.68. The third-order valence-corrected chi connectivity index (χ3v) is 6.04. The van der Waals surface area contributed by atoms with Crippen molar-refractivity contribution < 1.29 is 17.5 Å². The molecule has 2 heterocycles. The van der Waals surface area contributed by atoms with Crippen molar-refractivity contribution in [1.29, 1.82) is 0 Å². The van der Waals surface area contributed by atoms with Crippen molar-refractivity contribution in [3.8, 4) is 17.0 Å². The molecule has 0 aliphatic rings. The number of rotatable bonds is 6. The van der Waals surface area contributed by atoms with Crippen molar-refractivity contribution in [2.24, 2.45) is 0 Å². The van der Waals surface area contributed by atoms with E-state index in [9.17, 15) is 12.8 Å². The molecular weight excluding hydrogens is 419 g/mol. The van der Waals surface area contributed by atoms with E-state index in [2.05, 4.69) is 15.3 Å². The van der Waals surface area contributed by atoms with Crippen LogP contribution < -0.4 is 10.1 Å². The van der Waals surface area contributed by atoms with Crippen molar-refractivity contribution in [2.75, 3.05) is 18.7 Å². The number of fused-ring (bicyclic) bond motifs is 1. The number of halogens is 1. The van der Waals surface area contributed by atoms with Gasteiger partial charge in [-0.05, 0) is 42.8 Å². The fourth-order valence-electron chi connectivity index (χ4n) is 3.45. The molecule has 160 valence electrons. The maximum Gasteiger partial charge on any atom is 0.180 e. The van der Waals surface area contributed by atoms with Crippen LogP contribution in [0.1, 0.15) is 11.3 Å². The largest absolute Gasteiger partial charge is 0.494 e. The Hall–Kier alpha value is -3.46. The first kappa shape index (κ1) is 20.8. The van der Waals surface area contributed by atoms with Crippen LogP contribution in [0.5, 0.6) is 5.75 Å². The lowest BCUT2D eigenvalue weighted by Gasteiger charge is -2.09. The molecule has 4 rings (SSSR count). The highest BCUT2D eigenvalue weighted by atomic mass is 32.2. The second kappa shape index (κ2) is 7.99. The van der Waals surface area contributed by atoms with Crippen molar-refractivity contribution in [3.63, 3.8) is 0 Å². The molecule has 0 unspecified atom stereocenters. The molecule has 7 nitrogen and oxygen atoms in total. The number of ether oxygens (including phenoxy) is 1. The molecule has 0 aliphatic carbocycles. The molecule has 0 amide bonds. The number of nitrogens with one attached hydrogen (secondary N) is 1. The predicted octanol–water partition coefficient (Wildman–Crippen LogP) is 3.87. The number of nitrogens with zero attached hydrogens (tertiary/aromatic N) is 3. The number of aromatic nitrogens is 3. The number of aryl methyl sites for hydroxylation is 1. The molecule has 0 atom stereocenters. The molecule has 1 N–H and O–H groups in total. The van der Waals surface area contributed by atoms with Gasteiger partial charge in [0.25, 0.3) is 0 Å². The van der Waals surface area contributed by atoms with Gasteiger partial charge in [0.1, 0.15) is 0 Å². The van der Waals surface area contributed by atoms with E-state index in [1.165, 1.54) is 19.4 Å².